The molecule has 4 rings (SSSR count). The lowest BCUT2D eigenvalue weighted by Gasteiger charge is -2.45. The molecule has 68 valence electrons. The Bertz CT molecular complexity index is 237. The molecule has 5 atom stereocenters. The van der Waals surface area contributed by atoms with Crippen molar-refractivity contribution in [2.24, 2.45) is 17.8 Å². The van der Waals surface area contributed by atoms with Crippen molar-refractivity contribution >= 4 is 0 Å². The fraction of sp³-hybridized carbons (Fsp3) is 1.00. The molecular weight excluding hydrogens is 148 g/mol. The molecule has 1 heterocycles. The molecule has 5 unspecified atom stereocenters. The van der Waals surface area contributed by atoms with Gasteiger partial charge in [-0.1, -0.05) is 6.92 Å². The molecule has 0 aromatic rings. The van der Waals surface area contributed by atoms with E-state index in [1.165, 1.54) is 19.3 Å². The first-order valence-corrected chi connectivity index (χ1v) is 5.28. The van der Waals surface area contributed by atoms with Crippen LogP contribution in [0, 0.1) is 17.8 Å². The van der Waals surface area contributed by atoms with Gasteiger partial charge in [0.05, 0.1) is 11.2 Å². The van der Waals surface area contributed by atoms with Crippen LogP contribution >= 0.6 is 0 Å². The van der Waals surface area contributed by atoms with Crippen molar-refractivity contribution in [2.45, 2.75) is 51.2 Å². The Kier molecular flexibility index (Phi) is 1.07. The number of epoxide rings is 1. The average molecular weight is 166 g/mol. The van der Waals surface area contributed by atoms with Crippen molar-refractivity contribution < 1.29 is 4.74 Å². The maximum atomic E-state index is 6.01. The Morgan fingerprint density at radius 3 is 2.42 bits per heavy atom. The van der Waals surface area contributed by atoms with Crippen molar-refractivity contribution in [3.8, 4) is 0 Å². The van der Waals surface area contributed by atoms with Gasteiger partial charge in [-0.15, -0.1) is 0 Å². The minimum absolute atomic E-state index is 0.271. The lowest BCUT2D eigenvalue weighted by atomic mass is 9.56. The standard InChI is InChI=1S/C11H18O/c1-7-6-8-4-5-9(7)11(3)10(8,2)12-11/h7-9H,4-6H2,1-3H3. The monoisotopic (exact) mass is 166 g/mol. The van der Waals surface area contributed by atoms with Crippen LogP contribution in [0.4, 0.5) is 0 Å². The molecule has 1 nitrogen and oxygen atoms in total. The molecule has 0 aromatic heterocycles. The van der Waals surface area contributed by atoms with Crippen LogP contribution in [0.5, 0.6) is 0 Å². The van der Waals surface area contributed by atoms with Gasteiger partial charge in [0.2, 0.25) is 0 Å². The van der Waals surface area contributed by atoms with Crippen molar-refractivity contribution in [1.29, 1.82) is 0 Å². The zero-order chi connectivity index (χ0) is 8.56. The summed E-state index contributed by atoms with van der Waals surface area (Å²) in [5.74, 6) is 2.62. The summed E-state index contributed by atoms with van der Waals surface area (Å²) in [5.41, 5.74) is 0.552. The van der Waals surface area contributed by atoms with Crippen LogP contribution in [0.2, 0.25) is 0 Å². The van der Waals surface area contributed by atoms with Crippen molar-refractivity contribution in [3.63, 3.8) is 0 Å². The van der Waals surface area contributed by atoms with E-state index in [9.17, 15) is 0 Å². The lowest BCUT2D eigenvalue weighted by Crippen LogP contribution is -2.48. The zero-order valence-electron chi connectivity index (χ0n) is 8.26. The molecule has 4 fully saturated rings. The first-order chi connectivity index (χ1) is 5.58. The summed E-state index contributed by atoms with van der Waals surface area (Å²) in [6, 6.07) is 0. The van der Waals surface area contributed by atoms with Crippen molar-refractivity contribution in [2.75, 3.05) is 0 Å². The lowest BCUT2D eigenvalue weighted by molar-refractivity contribution is 0.0745. The average Bonchev–Trinajstić information content (AvgIpc) is 2.58. The molecule has 12 heavy (non-hydrogen) atoms. The highest BCUT2D eigenvalue weighted by atomic mass is 16.6. The van der Waals surface area contributed by atoms with E-state index in [1.807, 2.05) is 0 Å². The SMILES string of the molecule is CC1CC2CCC1C1(C)OC21C. The summed E-state index contributed by atoms with van der Waals surface area (Å²) in [7, 11) is 0. The number of fused-ring (bicyclic) bond motifs is 2. The normalized spacial score (nSPS) is 67.8. The molecule has 3 aliphatic carbocycles. The number of hydrogen-bond acceptors (Lipinski definition) is 1. The third kappa shape index (κ3) is 0.555. The molecule has 2 bridgehead atoms. The van der Waals surface area contributed by atoms with E-state index >= 15 is 0 Å². The van der Waals surface area contributed by atoms with Crippen LogP contribution in [-0.4, -0.2) is 11.2 Å². The Labute approximate surface area is 74.5 Å². The number of ether oxygens (including phenoxy) is 1. The van der Waals surface area contributed by atoms with Crippen LogP contribution in [0.1, 0.15) is 40.0 Å². The van der Waals surface area contributed by atoms with Gasteiger partial charge in [0.15, 0.2) is 0 Å². The van der Waals surface area contributed by atoms with Gasteiger partial charge in [-0.3, -0.25) is 0 Å². The van der Waals surface area contributed by atoms with Crippen LogP contribution < -0.4 is 0 Å². The van der Waals surface area contributed by atoms with Gasteiger partial charge in [0.1, 0.15) is 0 Å². The van der Waals surface area contributed by atoms with E-state index < -0.39 is 0 Å². The van der Waals surface area contributed by atoms with Gasteiger partial charge < -0.3 is 4.74 Å². The summed E-state index contributed by atoms with van der Waals surface area (Å²) in [6.45, 7) is 7.07. The highest BCUT2D eigenvalue weighted by molar-refractivity contribution is 5.23. The third-order valence-corrected chi connectivity index (χ3v) is 5.02. The van der Waals surface area contributed by atoms with E-state index in [4.69, 9.17) is 4.74 Å². The maximum Gasteiger partial charge on any atom is 0.0982 e. The summed E-state index contributed by atoms with van der Waals surface area (Å²) in [4.78, 5) is 0. The Balaban J connectivity index is 2.02. The smallest absolute Gasteiger partial charge is 0.0982 e. The van der Waals surface area contributed by atoms with E-state index in [0.29, 0.717) is 0 Å². The summed E-state index contributed by atoms with van der Waals surface area (Å²) >= 11 is 0. The zero-order valence-corrected chi connectivity index (χ0v) is 8.26. The molecule has 0 amide bonds. The molecule has 1 saturated heterocycles. The van der Waals surface area contributed by atoms with E-state index in [-0.39, 0.29) is 11.2 Å². The van der Waals surface area contributed by atoms with Crippen LogP contribution in [0.25, 0.3) is 0 Å². The Morgan fingerprint density at radius 2 is 1.92 bits per heavy atom. The van der Waals surface area contributed by atoms with Gasteiger partial charge in [-0.25, -0.2) is 0 Å². The minimum Gasteiger partial charge on any atom is -0.363 e. The summed E-state index contributed by atoms with van der Waals surface area (Å²) in [6.07, 6.45) is 4.25. The summed E-state index contributed by atoms with van der Waals surface area (Å²) < 4.78 is 6.01. The molecule has 1 aliphatic heterocycles. The Morgan fingerprint density at radius 1 is 1.17 bits per heavy atom. The number of hydrogen-bond donors (Lipinski definition) is 0. The molecule has 4 aliphatic rings. The molecule has 0 N–H and O–H groups in total. The summed E-state index contributed by atoms with van der Waals surface area (Å²) in [5, 5.41) is 0. The molecule has 0 radical (unpaired) electrons. The number of rotatable bonds is 0. The second kappa shape index (κ2) is 1.75. The molecular formula is C11H18O. The van der Waals surface area contributed by atoms with Crippen LogP contribution in [0.3, 0.4) is 0 Å². The molecule has 0 spiro atoms. The minimum atomic E-state index is 0.271. The van der Waals surface area contributed by atoms with Crippen LogP contribution in [0.15, 0.2) is 0 Å². The van der Waals surface area contributed by atoms with Crippen molar-refractivity contribution in [3.05, 3.63) is 0 Å². The predicted molar refractivity (Wildman–Crippen MR) is 47.9 cm³/mol. The van der Waals surface area contributed by atoms with Crippen LogP contribution in [-0.2, 0) is 4.74 Å². The third-order valence-electron chi connectivity index (χ3n) is 5.02. The van der Waals surface area contributed by atoms with Gasteiger partial charge in [-0.2, -0.15) is 0 Å². The topological polar surface area (TPSA) is 12.5 Å². The van der Waals surface area contributed by atoms with E-state index in [0.717, 1.165) is 17.8 Å². The Hall–Kier alpha value is -0.0400. The fourth-order valence-electron chi connectivity index (χ4n) is 4.06. The largest absolute Gasteiger partial charge is 0.363 e. The van der Waals surface area contributed by atoms with Gasteiger partial charge >= 0.3 is 0 Å². The van der Waals surface area contributed by atoms with E-state index in [2.05, 4.69) is 20.8 Å². The van der Waals surface area contributed by atoms with Gasteiger partial charge in [-0.05, 0) is 50.9 Å². The van der Waals surface area contributed by atoms with Gasteiger partial charge in [0, 0.05) is 0 Å². The molecule has 1 heteroatoms. The highest BCUT2D eigenvalue weighted by Gasteiger charge is 2.75. The van der Waals surface area contributed by atoms with Gasteiger partial charge in [0.25, 0.3) is 0 Å². The fourth-order valence-corrected chi connectivity index (χ4v) is 4.06. The predicted octanol–water partition coefficient (Wildman–Crippen LogP) is 2.60. The molecule has 3 saturated carbocycles. The maximum absolute atomic E-state index is 6.01. The first kappa shape index (κ1) is 7.37. The second-order valence-corrected chi connectivity index (χ2v) is 5.41. The quantitative estimate of drug-likeness (QED) is 0.504. The first-order valence-electron chi connectivity index (χ1n) is 5.28. The highest BCUT2D eigenvalue weighted by Crippen LogP contribution is 2.69. The van der Waals surface area contributed by atoms with E-state index in [1.54, 1.807) is 0 Å². The second-order valence-electron chi connectivity index (χ2n) is 5.41. The molecule has 0 aromatic carbocycles. The van der Waals surface area contributed by atoms with Crippen molar-refractivity contribution in [1.82, 2.24) is 0 Å².